The van der Waals surface area contributed by atoms with Gasteiger partial charge < -0.3 is 0 Å². The van der Waals surface area contributed by atoms with Crippen LogP contribution in [-0.2, 0) is 25.7 Å². The van der Waals surface area contributed by atoms with E-state index in [0.717, 1.165) is 25.7 Å². The third-order valence-electron chi connectivity index (χ3n) is 7.67. The average molecular weight is 501 g/mol. The maximum Gasteiger partial charge on any atom is 0.0433 e. The molecule has 0 radical (unpaired) electrons. The molecule has 0 saturated heterocycles. The standard InChI is InChI=1S/C34H28S2/c1-21-17-29-31(33-27(21)19-25(35-33)15-13-23-9-5-3-6-10-23)30-18-22(2)28-20-26(36-34(28)32(29)30)16-14-24-11-7-4-8-12-24/h3-12,17-20H,13-16H2,1-2H3. The van der Waals surface area contributed by atoms with E-state index in [1.54, 1.807) is 0 Å². The van der Waals surface area contributed by atoms with Crippen LogP contribution >= 0.6 is 22.7 Å². The smallest absolute Gasteiger partial charge is 0.0433 e. The summed E-state index contributed by atoms with van der Waals surface area (Å²) in [7, 11) is 0. The van der Waals surface area contributed by atoms with Crippen LogP contribution in [0.4, 0.5) is 0 Å². The highest BCUT2D eigenvalue weighted by molar-refractivity contribution is 7.20. The van der Waals surface area contributed by atoms with E-state index in [4.69, 9.17) is 0 Å². The van der Waals surface area contributed by atoms with Gasteiger partial charge in [0, 0.05) is 30.3 Å². The summed E-state index contributed by atoms with van der Waals surface area (Å²) in [6.45, 7) is 4.58. The van der Waals surface area contributed by atoms with Gasteiger partial charge in [-0.05, 0) is 95.8 Å². The van der Waals surface area contributed by atoms with Crippen LogP contribution in [0.3, 0.4) is 0 Å². The zero-order valence-corrected chi connectivity index (χ0v) is 22.4. The molecule has 0 saturated carbocycles. The highest BCUT2D eigenvalue weighted by Crippen LogP contribution is 2.57. The lowest BCUT2D eigenvalue weighted by Crippen LogP contribution is -2.01. The molecule has 0 unspecified atom stereocenters. The molecule has 0 amide bonds. The number of rotatable bonds is 6. The van der Waals surface area contributed by atoms with Crippen LogP contribution in [0.5, 0.6) is 0 Å². The maximum absolute atomic E-state index is 2.45. The number of benzene rings is 4. The van der Waals surface area contributed by atoms with Crippen molar-refractivity contribution < 1.29 is 0 Å². The van der Waals surface area contributed by atoms with Gasteiger partial charge in [0.15, 0.2) is 0 Å². The van der Waals surface area contributed by atoms with Crippen LogP contribution < -0.4 is 0 Å². The topological polar surface area (TPSA) is 0 Å². The first-order valence-corrected chi connectivity index (χ1v) is 14.5. The fourth-order valence-electron chi connectivity index (χ4n) is 5.76. The van der Waals surface area contributed by atoms with Gasteiger partial charge >= 0.3 is 0 Å². The zero-order chi connectivity index (χ0) is 24.2. The molecule has 0 nitrogen and oxygen atoms in total. The summed E-state index contributed by atoms with van der Waals surface area (Å²) in [6.07, 6.45) is 4.43. The highest BCUT2D eigenvalue weighted by Gasteiger charge is 2.30. The van der Waals surface area contributed by atoms with Crippen molar-refractivity contribution in [2.45, 2.75) is 39.5 Å². The van der Waals surface area contributed by atoms with E-state index < -0.39 is 0 Å². The first-order valence-electron chi connectivity index (χ1n) is 12.9. The Balaban J connectivity index is 1.24. The van der Waals surface area contributed by atoms with Gasteiger partial charge in [-0.15, -0.1) is 22.7 Å². The van der Waals surface area contributed by atoms with E-state index in [-0.39, 0.29) is 0 Å². The third kappa shape index (κ3) is 3.63. The SMILES string of the molecule is Cc1cc2c(c3sc(CCc4ccccc4)cc13)-c1cc(C)c3cc(CCc4ccccc4)sc3c1-2. The van der Waals surface area contributed by atoms with E-state index in [2.05, 4.69) is 98.8 Å². The number of thiophene rings is 2. The van der Waals surface area contributed by atoms with Gasteiger partial charge in [0.25, 0.3) is 0 Å². The van der Waals surface area contributed by atoms with Crippen LogP contribution in [0.1, 0.15) is 32.0 Å². The molecule has 0 spiro atoms. The molecule has 0 fully saturated rings. The molecule has 2 aromatic heterocycles. The Labute approximate surface area is 220 Å². The summed E-state index contributed by atoms with van der Waals surface area (Å²) in [5.74, 6) is 0. The van der Waals surface area contributed by atoms with Crippen LogP contribution in [0.25, 0.3) is 42.4 Å². The molecule has 1 aliphatic carbocycles. The predicted molar refractivity (Wildman–Crippen MR) is 159 cm³/mol. The van der Waals surface area contributed by atoms with Gasteiger partial charge in [-0.25, -0.2) is 0 Å². The number of hydrogen-bond donors (Lipinski definition) is 0. The molecule has 6 aromatic rings. The third-order valence-corrected chi connectivity index (χ3v) is 10.1. The summed E-state index contributed by atoms with van der Waals surface area (Å²) in [6, 6.07) is 31.5. The number of aryl methyl sites for hydroxylation is 6. The average Bonchev–Trinajstić information content (AvgIpc) is 3.51. The van der Waals surface area contributed by atoms with Crippen LogP contribution in [0.2, 0.25) is 0 Å². The predicted octanol–water partition coefficient (Wildman–Crippen LogP) is 9.95. The first kappa shape index (κ1) is 22.0. The molecule has 7 rings (SSSR count). The lowest BCUT2D eigenvalue weighted by molar-refractivity contribution is 0.982. The van der Waals surface area contributed by atoms with Crippen LogP contribution in [-0.4, -0.2) is 0 Å². The van der Waals surface area contributed by atoms with Crippen molar-refractivity contribution in [2.24, 2.45) is 0 Å². The Morgan fingerprint density at radius 3 is 1.33 bits per heavy atom. The second-order valence-electron chi connectivity index (χ2n) is 10.1. The van der Waals surface area contributed by atoms with Crippen molar-refractivity contribution in [3.8, 4) is 22.3 Å². The highest BCUT2D eigenvalue weighted by atomic mass is 32.1. The van der Waals surface area contributed by atoms with Gasteiger partial charge in [-0.1, -0.05) is 72.8 Å². The summed E-state index contributed by atoms with van der Waals surface area (Å²) < 4.78 is 2.97. The molecule has 0 N–H and O–H groups in total. The zero-order valence-electron chi connectivity index (χ0n) is 20.7. The van der Waals surface area contributed by atoms with Gasteiger partial charge in [0.1, 0.15) is 0 Å². The quantitative estimate of drug-likeness (QED) is 0.213. The molecule has 0 aliphatic heterocycles. The largest absolute Gasteiger partial charge is 0.140 e. The molecular formula is C34H28S2. The molecule has 0 atom stereocenters. The van der Waals surface area contributed by atoms with E-state index in [0.29, 0.717) is 0 Å². The minimum absolute atomic E-state index is 1.10. The van der Waals surface area contributed by atoms with Crippen molar-refractivity contribution in [1.29, 1.82) is 0 Å². The van der Waals surface area contributed by atoms with E-state index in [1.807, 2.05) is 22.7 Å². The molecule has 2 heteroatoms. The molecule has 2 heterocycles. The lowest BCUT2D eigenvalue weighted by atomic mass is 9.77. The normalized spacial score (nSPS) is 12.1. The van der Waals surface area contributed by atoms with Crippen molar-refractivity contribution in [3.63, 3.8) is 0 Å². The molecular weight excluding hydrogens is 473 g/mol. The molecule has 4 aromatic carbocycles. The van der Waals surface area contributed by atoms with Gasteiger partial charge in [-0.2, -0.15) is 0 Å². The fraction of sp³-hybridized carbons (Fsp3) is 0.176. The van der Waals surface area contributed by atoms with Crippen molar-refractivity contribution in [3.05, 3.63) is 117 Å². The number of fused-ring (bicyclic) bond motifs is 8. The molecule has 176 valence electrons. The Morgan fingerprint density at radius 2 is 0.917 bits per heavy atom. The van der Waals surface area contributed by atoms with E-state index in [1.165, 1.54) is 74.4 Å². The first-order chi connectivity index (χ1) is 17.7. The van der Waals surface area contributed by atoms with Crippen LogP contribution in [0.15, 0.2) is 84.9 Å². The Bertz CT molecular complexity index is 1590. The second kappa shape index (κ2) is 8.73. The summed E-state index contributed by atoms with van der Waals surface area (Å²) in [5.41, 5.74) is 11.6. The Morgan fingerprint density at radius 1 is 0.500 bits per heavy atom. The van der Waals surface area contributed by atoms with E-state index in [9.17, 15) is 0 Å². The van der Waals surface area contributed by atoms with Crippen molar-refractivity contribution >= 4 is 42.8 Å². The summed E-state index contributed by atoms with van der Waals surface area (Å²) in [5, 5.41) is 2.89. The van der Waals surface area contributed by atoms with E-state index >= 15 is 0 Å². The monoisotopic (exact) mass is 500 g/mol. The summed E-state index contributed by atoms with van der Waals surface area (Å²) in [4.78, 5) is 2.99. The number of hydrogen-bond acceptors (Lipinski definition) is 2. The van der Waals surface area contributed by atoms with Gasteiger partial charge in [0.05, 0.1) is 0 Å². The molecule has 36 heavy (non-hydrogen) atoms. The van der Waals surface area contributed by atoms with Gasteiger partial charge in [0.2, 0.25) is 0 Å². The molecule has 1 aliphatic rings. The maximum atomic E-state index is 2.45. The Hall–Kier alpha value is -3.20. The lowest BCUT2D eigenvalue weighted by Gasteiger charge is -2.27. The van der Waals surface area contributed by atoms with Gasteiger partial charge in [-0.3, -0.25) is 0 Å². The fourth-order valence-corrected chi connectivity index (χ4v) is 8.35. The second-order valence-corrected chi connectivity index (χ2v) is 12.4. The van der Waals surface area contributed by atoms with Crippen molar-refractivity contribution in [1.82, 2.24) is 0 Å². The summed E-state index contributed by atoms with van der Waals surface area (Å²) >= 11 is 4.02. The minimum atomic E-state index is 1.10. The molecule has 0 bridgehead atoms. The van der Waals surface area contributed by atoms with Crippen molar-refractivity contribution in [2.75, 3.05) is 0 Å². The van der Waals surface area contributed by atoms with Crippen LogP contribution in [0, 0.1) is 13.8 Å². The Kier molecular flexibility index (Phi) is 5.34. The minimum Gasteiger partial charge on any atom is -0.140 e.